The van der Waals surface area contributed by atoms with E-state index < -0.39 is 0 Å². The van der Waals surface area contributed by atoms with Gasteiger partial charge >= 0.3 is 0 Å². The lowest BCUT2D eigenvalue weighted by molar-refractivity contribution is 0.219. The molecule has 2 aliphatic rings. The second-order valence-corrected chi connectivity index (χ2v) is 10.1. The zero-order valence-corrected chi connectivity index (χ0v) is 20.0. The van der Waals surface area contributed by atoms with Gasteiger partial charge in [-0.3, -0.25) is 0 Å². The molecule has 0 aromatic heterocycles. The van der Waals surface area contributed by atoms with Crippen molar-refractivity contribution >= 4 is 22.9 Å². The Morgan fingerprint density at radius 2 is 1.59 bits per heavy atom. The monoisotopic (exact) mass is 421 g/mol. The predicted octanol–water partition coefficient (Wildman–Crippen LogP) is 8.10. The van der Waals surface area contributed by atoms with Crippen molar-refractivity contribution in [2.24, 2.45) is 10.8 Å². The third kappa shape index (κ3) is 3.71. The van der Waals surface area contributed by atoms with Gasteiger partial charge in [-0.15, -0.1) is 0 Å². The van der Waals surface area contributed by atoms with Gasteiger partial charge in [0.1, 0.15) is 0 Å². The Morgan fingerprint density at radius 3 is 2.22 bits per heavy atom. The summed E-state index contributed by atoms with van der Waals surface area (Å²) >= 11 is 0. The van der Waals surface area contributed by atoms with Crippen molar-refractivity contribution in [1.82, 2.24) is 4.90 Å². The van der Waals surface area contributed by atoms with E-state index in [0.29, 0.717) is 0 Å². The van der Waals surface area contributed by atoms with E-state index in [1.165, 1.54) is 22.3 Å². The Bertz CT molecular complexity index is 1140. The number of hydrogen-bond acceptors (Lipinski definition) is 1. The fourth-order valence-electron chi connectivity index (χ4n) is 5.69. The molecular weight excluding hydrogens is 386 g/mol. The van der Waals surface area contributed by atoms with Crippen LogP contribution < -0.4 is 0 Å². The van der Waals surface area contributed by atoms with E-state index in [4.69, 9.17) is 0 Å². The summed E-state index contributed by atoms with van der Waals surface area (Å²) < 4.78 is 0. The van der Waals surface area contributed by atoms with Crippen LogP contribution in [0, 0.1) is 10.8 Å². The molecule has 1 unspecified atom stereocenters. The Kier molecular flexibility index (Phi) is 5.63. The minimum absolute atomic E-state index is 0.00820. The maximum absolute atomic E-state index is 4.51. The first kappa shape index (κ1) is 22.1. The van der Waals surface area contributed by atoms with Crippen molar-refractivity contribution in [3.05, 3.63) is 108 Å². The zero-order valence-electron chi connectivity index (χ0n) is 20.0. The molecule has 32 heavy (non-hydrogen) atoms. The van der Waals surface area contributed by atoms with Gasteiger partial charge < -0.3 is 4.90 Å². The number of nitrogens with zero attached hydrogens (tertiary/aromatic N) is 1. The molecule has 0 fully saturated rings. The molecule has 2 aromatic carbocycles. The molecule has 0 bridgehead atoms. The fraction of sp³-hybridized carbons (Fsp3) is 0.290. The van der Waals surface area contributed by atoms with E-state index >= 15 is 0 Å². The third-order valence-electron chi connectivity index (χ3n) is 7.35. The lowest BCUT2D eigenvalue weighted by Gasteiger charge is -2.51. The van der Waals surface area contributed by atoms with Crippen LogP contribution in [0.5, 0.6) is 0 Å². The Hall–Kier alpha value is -3.06. The Balaban J connectivity index is 1.65. The van der Waals surface area contributed by atoms with Crippen LogP contribution in [0.2, 0.25) is 0 Å². The number of allylic oxidation sites excluding steroid dienone is 3. The number of benzene rings is 2. The average Bonchev–Trinajstić information content (AvgIpc) is 2.78. The van der Waals surface area contributed by atoms with E-state index in [1.54, 1.807) is 5.57 Å². The first-order valence-electron chi connectivity index (χ1n) is 11.5. The number of rotatable bonds is 5. The molecule has 0 amide bonds. The SMILES string of the molecule is C=Cc1ccc(C2=CCC3(C)CN(C(=C)c4ccccc4C(=C)C)CC=C3C2(C)C)cc1. The van der Waals surface area contributed by atoms with Gasteiger partial charge in [0, 0.05) is 35.2 Å². The summed E-state index contributed by atoms with van der Waals surface area (Å²) in [5.74, 6) is 0. The normalized spacial score (nSPS) is 21.8. The molecule has 0 N–H and O–H groups in total. The Labute approximate surface area is 194 Å². The predicted molar refractivity (Wildman–Crippen MR) is 141 cm³/mol. The van der Waals surface area contributed by atoms with Crippen molar-refractivity contribution in [2.45, 2.75) is 34.1 Å². The van der Waals surface area contributed by atoms with Crippen LogP contribution in [-0.2, 0) is 0 Å². The molecule has 0 saturated carbocycles. The van der Waals surface area contributed by atoms with Gasteiger partial charge in [0.2, 0.25) is 0 Å². The smallest absolute Gasteiger partial charge is 0.0376 e. The molecule has 1 heteroatoms. The standard InChI is InChI=1S/C31H35N/c1-8-24-13-15-25(16-14-24)28-17-19-31(7)21-32(20-18-29(31)30(28,5)6)23(4)27-12-10-9-11-26(27)22(2)3/h8-18H,1-2,4,19-21H2,3,5-7H3. The van der Waals surface area contributed by atoms with Gasteiger partial charge in [-0.05, 0) is 35.6 Å². The maximum atomic E-state index is 4.51. The molecule has 1 atom stereocenters. The van der Waals surface area contributed by atoms with Crippen LogP contribution in [0.1, 0.15) is 56.4 Å². The van der Waals surface area contributed by atoms with E-state index in [9.17, 15) is 0 Å². The first-order chi connectivity index (χ1) is 15.2. The molecule has 0 radical (unpaired) electrons. The van der Waals surface area contributed by atoms with Crippen LogP contribution in [0.4, 0.5) is 0 Å². The molecule has 4 rings (SSSR count). The van der Waals surface area contributed by atoms with Crippen molar-refractivity contribution in [3.8, 4) is 0 Å². The van der Waals surface area contributed by atoms with Crippen LogP contribution in [0.3, 0.4) is 0 Å². The summed E-state index contributed by atoms with van der Waals surface area (Å²) in [4.78, 5) is 2.44. The van der Waals surface area contributed by atoms with E-state index in [0.717, 1.165) is 36.3 Å². The van der Waals surface area contributed by atoms with Crippen LogP contribution >= 0.6 is 0 Å². The average molecular weight is 422 g/mol. The number of hydrogen-bond donors (Lipinski definition) is 0. The second-order valence-electron chi connectivity index (χ2n) is 10.1. The molecule has 0 spiro atoms. The van der Waals surface area contributed by atoms with Crippen LogP contribution in [-0.4, -0.2) is 18.0 Å². The van der Waals surface area contributed by atoms with E-state index in [1.807, 2.05) is 6.08 Å². The molecule has 2 aromatic rings. The summed E-state index contributed by atoms with van der Waals surface area (Å²) in [6, 6.07) is 17.3. The van der Waals surface area contributed by atoms with Gasteiger partial charge in [-0.1, -0.05) is 118 Å². The van der Waals surface area contributed by atoms with E-state index in [2.05, 4.69) is 113 Å². The van der Waals surface area contributed by atoms with Gasteiger partial charge in [0.25, 0.3) is 0 Å². The third-order valence-corrected chi connectivity index (χ3v) is 7.35. The quantitative estimate of drug-likeness (QED) is 0.441. The van der Waals surface area contributed by atoms with Crippen molar-refractivity contribution < 1.29 is 0 Å². The molecule has 164 valence electrons. The Morgan fingerprint density at radius 1 is 0.938 bits per heavy atom. The molecule has 1 nitrogen and oxygen atoms in total. The van der Waals surface area contributed by atoms with Gasteiger partial charge in [-0.2, -0.15) is 0 Å². The van der Waals surface area contributed by atoms with Crippen molar-refractivity contribution in [2.75, 3.05) is 13.1 Å². The zero-order chi connectivity index (χ0) is 23.1. The highest BCUT2D eigenvalue weighted by Gasteiger charge is 2.45. The lowest BCUT2D eigenvalue weighted by Crippen LogP contribution is -2.46. The largest absolute Gasteiger partial charge is 0.367 e. The maximum Gasteiger partial charge on any atom is 0.0376 e. The van der Waals surface area contributed by atoms with Crippen LogP contribution in [0.15, 0.2) is 86.0 Å². The molecule has 0 saturated heterocycles. The molecule has 1 aliphatic heterocycles. The molecular formula is C31H35N. The highest BCUT2D eigenvalue weighted by molar-refractivity contribution is 5.78. The van der Waals surface area contributed by atoms with Crippen molar-refractivity contribution in [3.63, 3.8) is 0 Å². The highest BCUT2D eigenvalue weighted by Crippen LogP contribution is 2.55. The summed E-state index contributed by atoms with van der Waals surface area (Å²) in [5, 5.41) is 0. The lowest BCUT2D eigenvalue weighted by atomic mass is 9.58. The summed E-state index contributed by atoms with van der Waals surface area (Å²) in [7, 11) is 0. The van der Waals surface area contributed by atoms with Crippen molar-refractivity contribution in [1.29, 1.82) is 0 Å². The van der Waals surface area contributed by atoms with E-state index in [-0.39, 0.29) is 10.8 Å². The summed E-state index contributed by atoms with van der Waals surface area (Å²) in [6.45, 7) is 23.7. The topological polar surface area (TPSA) is 3.24 Å². The highest BCUT2D eigenvalue weighted by atomic mass is 15.1. The molecule has 1 aliphatic carbocycles. The summed E-state index contributed by atoms with van der Waals surface area (Å²) in [6.07, 6.45) is 7.86. The van der Waals surface area contributed by atoms with Gasteiger partial charge in [0.05, 0.1) is 0 Å². The summed E-state index contributed by atoms with van der Waals surface area (Å²) in [5.41, 5.74) is 10.1. The first-order valence-corrected chi connectivity index (χ1v) is 11.5. The molecule has 1 heterocycles. The fourth-order valence-corrected chi connectivity index (χ4v) is 5.69. The minimum Gasteiger partial charge on any atom is -0.367 e. The number of fused-ring (bicyclic) bond motifs is 1. The van der Waals surface area contributed by atoms with Gasteiger partial charge in [0.15, 0.2) is 0 Å². The second kappa shape index (κ2) is 8.13. The van der Waals surface area contributed by atoms with Crippen LogP contribution in [0.25, 0.3) is 22.9 Å². The van der Waals surface area contributed by atoms with Gasteiger partial charge in [-0.25, -0.2) is 0 Å². The minimum atomic E-state index is -0.00820.